The Balaban J connectivity index is 1.58. The molecule has 0 saturated heterocycles. The van der Waals surface area contributed by atoms with Crippen LogP contribution >= 0.6 is 11.6 Å². The predicted octanol–water partition coefficient (Wildman–Crippen LogP) is 4.98. The number of amides is 2. The molecule has 0 unspecified atom stereocenters. The number of carbonyl (C=O) groups excluding carboxylic acids is 2. The largest absolute Gasteiger partial charge is 0.484 e. The van der Waals surface area contributed by atoms with Gasteiger partial charge in [-0.3, -0.25) is 9.59 Å². The molecule has 1 fully saturated rings. The van der Waals surface area contributed by atoms with E-state index in [2.05, 4.69) is 17.6 Å². The van der Waals surface area contributed by atoms with Gasteiger partial charge in [0, 0.05) is 11.7 Å². The molecule has 29 heavy (non-hydrogen) atoms. The summed E-state index contributed by atoms with van der Waals surface area (Å²) in [6.07, 6.45) is 6.39. The van der Waals surface area contributed by atoms with Crippen LogP contribution in [0, 0.1) is 0 Å². The first-order chi connectivity index (χ1) is 14.0. The number of aryl methyl sites for hydroxylation is 1. The van der Waals surface area contributed by atoms with Crippen LogP contribution in [0.4, 0.5) is 5.69 Å². The van der Waals surface area contributed by atoms with Crippen LogP contribution in [0.1, 0.15) is 54.9 Å². The van der Waals surface area contributed by atoms with Crippen LogP contribution in [-0.4, -0.2) is 24.5 Å². The minimum absolute atomic E-state index is 0.112. The normalized spacial score (nSPS) is 14.3. The predicted molar refractivity (Wildman–Crippen MR) is 116 cm³/mol. The van der Waals surface area contributed by atoms with Crippen molar-refractivity contribution in [2.75, 3.05) is 11.9 Å². The van der Waals surface area contributed by atoms with Gasteiger partial charge in [-0.1, -0.05) is 49.9 Å². The number of benzene rings is 2. The summed E-state index contributed by atoms with van der Waals surface area (Å²) >= 11 is 6.22. The van der Waals surface area contributed by atoms with Crippen molar-refractivity contribution in [2.45, 2.75) is 51.5 Å². The lowest BCUT2D eigenvalue weighted by atomic mass is 9.95. The highest BCUT2D eigenvalue weighted by molar-refractivity contribution is 6.34. The van der Waals surface area contributed by atoms with E-state index >= 15 is 0 Å². The molecule has 5 nitrogen and oxygen atoms in total. The van der Waals surface area contributed by atoms with Crippen LogP contribution in [0.2, 0.25) is 5.02 Å². The average molecular weight is 415 g/mol. The van der Waals surface area contributed by atoms with Crippen LogP contribution < -0.4 is 15.4 Å². The Morgan fingerprint density at radius 3 is 2.66 bits per heavy atom. The zero-order valence-electron chi connectivity index (χ0n) is 16.7. The highest BCUT2D eigenvalue weighted by atomic mass is 35.5. The number of hydrogen-bond donors (Lipinski definition) is 2. The average Bonchev–Trinajstić information content (AvgIpc) is 2.74. The van der Waals surface area contributed by atoms with Crippen molar-refractivity contribution in [1.29, 1.82) is 0 Å². The van der Waals surface area contributed by atoms with Gasteiger partial charge in [-0.05, 0) is 55.2 Å². The van der Waals surface area contributed by atoms with Gasteiger partial charge in [0.2, 0.25) is 0 Å². The Morgan fingerprint density at radius 1 is 1.10 bits per heavy atom. The molecule has 0 atom stereocenters. The summed E-state index contributed by atoms with van der Waals surface area (Å²) in [5, 5.41) is 6.18. The van der Waals surface area contributed by atoms with Crippen LogP contribution in [0.3, 0.4) is 0 Å². The summed E-state index contributed by atoms with van der Waals surface area (Å²) < 4.78 is 5.57. The number of rotatable bonds is 7. The second-order valence-electron chi connectivity index (χ2n) is 7.34. The van der Waals surface area contributed by atoms with Crippen molar-refractivity contribution in [2.24, 2.45) is 0 Å². The van der Waals surface area contributed by atoms with Gasteiger partial charge in [-0.25, -0.2) is 0 Å². The molecule has 0 bridgehead atoms. The van der Waals surface area contributed by atoms with Gasteiger partial charge in [0.15, 0.2) is 6.61 Å². The lowest BCUT2D eigenvalue weighted by Gasteiger charge is -2.23. The van der Waals surface area contributed by atoms with E-state index in [-0.39, 0.29) is 24.5 Å². The molecule has 0 aromatic heterocycles. The molecular weight excluding hydrogens is 388 g/mol. The molecule has 2 N–H and O–H groups in total. The maximum absolute atomic E-state index is 12.6. The molecule has 1 aliphatic carbocycles. The first-order valence-electron chi connectivity index (χ1n) is 10.2. The fourth-order valence-corrected chi connectivity index (χ4v) is 3.69. The maximum atomic E-state index is 12.6. The fourth-order valence-electron chi connectivity index (χ4n) is 3.49. The standard InChI is InChI=1S/C23H27ClN2O3/c1-2-16-7-6-10-19(13-16)29-15-22(27)25-18-11-12-21(24)20(14-18)23(28)26-17-8-4-3-5-9-17/h6-7,10-14,17H,2-5,8-9,15H2,1H3,(H,25,27)(H,26,28). The summed E-state index contributed by atoms with van der Waals surface area (Å²) in [4.78, 5) is 24.9. The monoisotopic (exact) mass is 414 g/mol. The highest BCUT2D eigenvalue weighted by Crippen LogP contribution is 2.23. The number of carbonyl (C=O) groups is 2. The third kappa shape index (κ3) is 6.23. The van der Waals surface area contributed by atoms with Crippen LogP contribution in [0.5, 0.6) is 5.75 Å². The number of halogens is 1. The SMILES string of the molecule is CCc1cccc(OCC(=O)Nc2ccc(Cl)c(C(=O)NC3CCCCC3)c2)c1. The summed E-state index contributed by atoms with van der Waals surface area (Å²) in [6, 6.07) is 12.8. The quantitative estimate of drug-likeness (QED) is 0.671. The molecule has 0 radical (unpaired) electrons. The van der Waals surface area contributed by atoms with Crippen molar-refractivity contribution in [3.05, 3.63) is 58.6 Å². The molecule has 154 valence electrons. The summed E-state index contributed by atoms with van der Waals surface area (Å²) in [5.41, 5.74) is 2.03. The Labute approximate surface area is 176 Å². The van der Waals surface area contributed by atoms with Gasteiger partial charge in [-0.2, -0.15) is 0 Å². The Morgan fingerprint density at radius 2 is 1.90 bits per heavy atom. The van der Waals surface area contributed by atoms with Crippen molar-refractivity contribution in [3.8, 4) is 5.75 Å². The van der Waals surface area contributed by atoms with E-state index in [9.17, 15) is 9.59 Å². The minimum Gasteiger partial charge on any atom is -0.484 e. The van der Waals surface area contributed by atoms with E-state index in [1.165, 1.54) is 6.42 Å². The van der Waals surface area contributed by atoms with Gasteiger partial charge in [0.05, 0.1) is 10.6 Å². The van der Waals surface area contributed by atoms with Gasteiger partial charge in [0.25, 0.3) is 11.8 Å². The van der Waals surface area contributed by atoms with Gasteiger partial charge in [0.1, 0.15) is 5.75 Å². The minimum atomic E-state index is -0.298. The number of hydrogen-bond acceptors (Lipinski definition) is 3. The van der Waals surface area contributed by atoms with Gasteiger partial charge < -0.3 is 15.4 Å². The third-order valence-electron chi connectivity index (χ3n) is 5.11. The summed E-state index contributed by atoms with van der Waals surface area (Å²) in [5.74, 6) is 0.154. The summed E-state index contributed by atoms with van der Waals surface area (Å²) in [7, 11) is 0. The van der Waals surface area contributed by atoms with E-state index in [0.29, 0.717) is 22.0 Å². The lowest BCUT2D eigenvalue weighted by Crippen LogP contribution is -2.36. The zero-order chi connectivity index (χ0) is 20.6. The molecule has 1 saturated carbocycles. The molecule has 2 aromatic carbocycles. The van der Waals surface area contributed by atoms with E-state index < -0.39 is 0 Å². The second kappa shape index (κ2) is 10.3. The van der Waals surface area contributed by atoms with Gasteiger partial charge >= 0.3 is 0 Å². The second-order valence-corrected chi connectivity index (χ2v) is 7.75. The molecule has 0 aliphatic heterocycles. The fraction of sp³-hybridized carbons (Fsp3) is 0.391. The Bertz CT molecular complexity index is 863. The summed E-state index contributed by atoms with van der Waals surface area (Å²) in [6.45, 7) is 1.95. The van der Waals surface area contributed by atoms with E-state index in [1.54, 1.807) is 18.2 Å². The first-order valence-corrected chi connectivity index (χ1v) is 10.5. The van der Waals surface area contributed by atoms with Crippen LogP contribution in [-0.2, 0) is 11.2 Å². The number of ether oxygens (including phenoxy) is 1. The van der Waals surface area contributed by atoms with E-state index in [4.69, 9.17) is 16.3 Å². The maximum Gasteiger partial charge on any atom is 0.262 e. The smallest absolute Gasteiger partial charge is 0.262 e. The molecule has 0 heterocycles. The lowest BCUT2D eigenvalue weighted by molar-refractivity contribution is -0.118. The Hall–Kier alpha value is -2.53. The van der Waals surface area contributed by atoms with E-state index in [0.717, 1.165) is 37.7 Å². The van der Waals surface area contributed by atoms with Crippen molar-refractivity contribution < 1.29 is 14.3 Å². The number of anilines is 1. The Kier molecular flexibility index (Phi) is 7.53. The molecule has 1 aliphatic rings. The highest BCUT2D eigenvalue weighted by Gasteiger charge is 2.19. The van der Waals surface area contributed by atoms with Crippen molar-refractivity contribution >= 4 is 29.1 Å². The molecule has 2 aromatic rings. The van der Waals surface area contributed by atoms with Crippen LogP contribution in [0.25, 0.3) is 0 Å². The topological polar surface area (TPSA) is 67.4 Å². The first kappa shape index (κ1) is 21.2. The molecular formula is C23H27ClN2O3. The third-order valence-corrected chi connectivity index (χ3v) is 5.44. The van der Waals surface area contributed by atoms with Crippen molar-refractivity contribution in [1.82, 2.24) is 5.32 Å². The molecule has 6 heteroatoms. The number of nitrogens with one attached hydrogen (secondary N) is 2. The van der Waals surface area contributed by atoms with E-state index in [1.807, 2.05) is 24.3 Å². The molecule has 3 rings (SSSR count). The molecule has 2 amide bonds. The van der Waals surface area contributed by atoms with Crippen molar-refractivity contribution in [3.63, 3.8) is 0 Å². The molecule has 0 spiro atoms. The van der Waals surface area contributed by atoms with Crippen LogP contribution in [0.15, 0.2) is 42.5 Å². The zero-order valence-corrected chi connectivity index (χ0v) is 17.4. The van der Waals surface area contributed by atoms with Gasteiger partial charge in [-0.15, -0.1) is 0 Å².